The van der Waals surface area contributed by atoms with Crippen LogP contribution in [0, 0.1) is 6.92 Å². The molecule has 1 aliphatic rings. The molecule has 1 unspecified atom stereocenters. The topological polar surface area (TPSA) is 75.7 Å². The zero-order chi connectivity index (χ0) is 17.6. The minimum Gasteiger partial charge on any atom is -0.494 e. The van der Waals surface area contributed by atoms with Crippen molar-refractivity contribution in [3.63, 3.8) is 0 Å². The Hall–Kier alpha value is -1.76. The molecule has 7 heteroatoms. The quantitative estimate of drug-likeness (QED) is 0.760. The zero-order valence-electron chi connectivity index (χ0n) is 14.3. The second kappa shape index (κ2) is 8.37. The van der Waals surface area contributed by atoms with Crippen LogP contribution < -0.4 is 10.1 Å². The van der Waals surface area contributed by atoms with Crippen LogP contribution in [0.2, 0.25) is 0 Å². The van der Waals surface area contributed by atoms with Gasteiger partial charge < -0.3 is 15.0 Å². The van der Waals surface area contributed by atoms with Gasteiger partial charge in [0.15, 0.2) is 9.84 Å². The number of carbonyl (C=O) groups excluding carboxylic acids is 1. The highest BCUT2D eigenvalue weighted by atomic mass is 32.2. The van der Waals surface area contributed by atoms with Gasteiger partial charge in [-0.25, -0.2) is 13.2 Å². The summed E-state index contributed by atoms with van der Waals surface area (Å²) < 4.78 is 28.7. The van der Waals surface area contributed by atoms with Crippen molar-refractivity contribution in [3.8, 4) is 5.75 Å². The summed E-state index contributed by atoms with van der Waals surface area (Å²) in [5, 5.41) is 2.85. The number of hydrogen-bond acceptors (Lipinski definition) is 4. The van der Waals surface area contributed by atoms with Gasteiger partial charge in [-0.15, -0.1) is 0 Å². The van der Waals surface area contributed by atoms with Crippen LogP contribution in [0.3, 0.4) is 0 Å². The van der Waals surface area contributed by atoms with E-state index in [1.807, 2.05) is 38.1 Å². The second-order valence-electron chi connectivity index (χ2n) is 6.09. The van der Waals surface area contributed by atoms with Gasteiger partial charge in [0.05, 0.1) is 18.1 Å². The average Bonchev–Trinajstić information content (AvgIpc) is 2.89. The number of nitrogens with one attached hydrogen (secondary N) is 1. The van der Waals surface area contributed by atoms with Gasteiger partial charge in [0.25, 0.3) is 0 Å². The lowest BCUT2D eigenvalue weighted by Crippen LogP contribution is -2.47. The number of nitrogens with zero attached hydrogens (tertiary/aromatic N) is 1. The maximum absolute atomic E-state index is 12.2. The van der Waals surface area contributed by atoms with Crippen LogP contribution in [0.5, 0.6) is 5.75 Å². The van der Waals surface area contributed by atoms with Gasteiger partial charge in [0.2, 0.25) is 0 Å². The van der Waals surface area contributed by atoms with Crippen molar-refractivity contribution >= 4 is 15.9 Å². The van der Waals surface area contributed by atoms with Gasteiger partial charge in [-0.1, -0.05) is 17.7 Å². The molecular formula is C17H26N2O4S. The molecule has 1 aliphatic heterocycles. The first-order valence-electron chi connectivity index (χ1n) is 8.35. The van der Waals surface area contributed by atoms with Crippen molar-refractivity contribution in [2.45, 2.75) is 32.7 Å². The fourth-order valence-corrected chi connectivity index (χ4v) is 4.51. The number of rotatable bonds is 7. The molecule has 1 atom stereocenters. The highest BCUT2D eigenvalue weighted by Gasteiger charge is 2.33. The van der Waals surface area contributed by atoms with Crippen molar-refractivity contribution in [2.24, 2.45) is 0 Å². The molecule has 0 aliphatic carbocycles. The minimum absolute atomic E-state index is 0.0742. The number of carbonyl (C=O) groups is 1. The summed E-state index contributed by atoms with van der Waals surface area (Å²) in [6, 6.07) is 7.43. The lowest BCUT2D eigenvalue weighted by molar-refractivity contribution is 0.183. The van der Waals surface area contributed by atoms with Crippen LogP contribution in [0.15, 0.2) is 24.3 Å². The molecular weight excluding hydrogens is 328 g/mol. The maximum atomic E-state index is 12.2. The summed E-state index contributed by atoms with van der Waals surface area (Å²) in [5.41, 5.74) is 1.18. The first-order valence-corrected chi connectivity index (χ1v) is 10.2. The Bertz CT molecular complexity index is 643. The molecule has 24 heavy (non-hydrogen) atoms. The molecule has 2 rings (SSSR count). The van der Waals surface area contributed by atoms with Gasteiger partial charge in [-0.05, 0) is 38.8 Å². The summed E-state index contributed by atoms with van der Waals surface area (Å²) in [5.74, 6) is 1.06. The number of benzene rings is 1. The van der Waals surface area contributed by atoms with E-state index in [4.69, 9.17) is 4.74 Å². The third-order valence-corrected chi connectivity index (χ3v) is 5.89. The van der Waals surface area contributed by atoms with E-state index in [-0.39, 0.29) is 23.6 Å². The number of aryl methyl sites for hydroxylation is 1. The first kappa shape index (κ1) is 18.6. The highest BCUT2D eigenvalue weighted by molar-refractivity contribution is 7.91. The maximum Gasteiger partial charge on any atom is 0.317 e. The smallest absolute Gasteiger partial charge is 0.317 e. The Morgan fingerprint density at radius 3 is 2.62 bits per heavy atom. The molecule has 1 N–H and O–H groups in total. The Labute approximate surface area is 144 Å². The number of ether oxygens (including phenoxy) is 1. The Morgan fingerprint density at radius 1 is 1.33 bits per heavy atom. The van der Waals surface area contributed by atoms with E-state index in [2.05, 4.69) is 5.32 Å². The molecule has 1 heterocycles. The van der Waals surface area contributed by atoms with Crippen molar-refractivity contribution in [1.82, 2.24) is 10.2 Å². The summed E-state index contributed by atoms with van der Waals surface area (Å²) in [6.45, 7) is 5.42. The van der Waals surface area contributed by atoms with E-state index >= 15 is 0 Å². The Morgan fingerprint density at radius 2 is 2.04 bits per heavy atom. The van der Waals surface area contributed by atoms with E-state index < -0.39 is 9.84 Å². The third-order valence-electron chi connectivity index (χ3n) is 4.14. The van der Waals surface area contributed by atoms with Crippen molar-refractivity contribution in [3.05, 3.63) is 29.8 Å². The normalized spacial score (nSPS) is 19.0. The van der Waals surface area contributed by atoms with E-state index in [1.165, 1.54) is 5.56 Å². The molecule has 0 aromatic heterocycles. The van der Waals surface area contributed by atoms with Gasteiger partial charge in [0, 0.05) is 19.1 Å². The molecule has 0 spiro atoms. The second-order valence-corrected chi connectivity index (χ2v) is 8.32. The fourth-order valence-electron chi connectivity index (χ4n) is 2.78. The van der Waals surface area contributed by atoms with Crippen LogP contribution in [-0.4, -0.2) is 56.6 Å². The summed E-state index contributed by atoms with van der Waals surface area (Å²) in [7, 11) is -2.99. The van der Waals surface area contributed by atoms with Crippen LogP contribution in [0.1, 0.15) is 25.3 Å². The molecule has 6 nitrogen and oxygen atoms in total. The van der Waals surface area contributed by atoms with Crippen LogP contribution in [-0.2, 0) is 9.84 Å². The van der Waals surface area contributed by atoms with Gasteiger partial charge in [-0.2, -0.15) is 0 Å². The largest absolute Gasteiger partial charge is 0.494 e. The highest BCUT2D eigenvalue weighted by Crippen LogP contribution is 2.17. The summed E-state index contributed by atoms with van der Waals surface area (Å²) in [4.78, 5) is 13.8. The minimum atomic E-state index is -2.99. The predicted octanol–water partition coefficient (Wildman–Crippen LogP) is 1.98. The number of hydrogen-bond donors (Lipinski definition) is 1. The monoisotopic (exact) mass is 354 g/mol. The van der Waals surface area contributed by atoms with Crippen molar-refractivity contribution < 1.29 is 17.9 Å². The van der Waals surface area contributed by atoms with Crippen LogP contribution in [0.25, 0.3) is 0 Å². The molecule has 2 amide bonds. The lowest BCUT2D eigenvalue weighted by Gasteiger charge is -2.27. The molecule has 1 fully saturated rings. The number of sulfone groups is 1. The lowest BCUT2D eigenvalue weighted by atomic mass is 10.2. The van der Waals surface area contributed by atoms with E-state index in [0.29, 0.717) is 32.5 Å². The molecule has 0 bridgehead atoms. The molecule has 1 aromatic rings. The molecule has 0 radical (unpaired) electrons. The molecule has 1 saturated heterocycles. The predicted molar refractivity (Wildman–Crippen MR) is 94.1 cm³/mol. The van der Waals surface area contributed by atoms with Crippen molar-refractivity contribution in [1.29, 1.82) is 0 Å². The van der Waals surface area contributed by atoms with Crippen LogP contribution >= 0.6 is 0 Å². The van der Waals surface area contributed by atoms with E-state index in [1.54, 1.807) is 4.90 Å². The first-order chi connectivity index (χ1) is 11.4. The SMILES string of the molecule is CCN(C(=O)NCCCOc1ccc(C)cc1)C1CCS(=O)(=O)C1. The summed E-state index contributed by atoms with van der Waals surface area (Å²) in [6.07, 6.45) is 1.22. The molecule has 1 aromatic carbocycles. The van der Waals surface area contributed by atoms with Crippen molar-refractivity contribution in [2.75, 3.05) is 31.2 Å². The Kier molecular flexibility index (Phi) is 6.48. The number of amides is 2. The fraction of sp³-hybridized carbons (Fsp3) is 0.588. The van der Waals surface area contributed by atoms with E-state index in [9.17, 15) is 13.2 Å². The molecule has 0 saturated carbocycles. The average molecular weight is 354 g/mol. The summed E-state index contributed by atoms with van der Waals surface area (Å²) >= 11 is 0. The van der Waals surface area contributed by atoms with Gasteiger partial charge in [0.1, 0.15) is 5.75 Å². The van der Waals surface area contributed by atoms with Gasteiger partial charge >= 0.3 is 6.03 Å². The Balaban J connectivity index is 1.69. The number of urea groups is 1. The zero-order valence-corrected chi connectivity index (χ0v) is 15.1. The standard InChI is InChI=1S/C17H26N2O4S/c1-3-19(15-9-12-24(21,22)13-15)17(20)18-10-4-11-23-16-7-5-14(2)6-8-16/h5-8,15H,3-4,9-13H2,1-2H3,(H,18,20). The van der Waals surface area contributed by atoms with Crippen LogP contribution in [0.4, 0.5) is 4.79 Å². The molecule has 134 valence electrons. The third kappa shape index (κ3) is 5.40. The van der Waals surface area contributed by atoms with E-state index in [0.717, 1.165) is 5.75 Å². The van der Waals surface area contributed by atoms with Gasteiger partial charge in [-0.3, -0.25) is 0 Å².